The van der Waals surface area contributed by atoms with Gasteiger partial charge < -0.3 is 10.1 Å². The minimum Gasteiger partial charge on any atom is -0.455 e. The minimum absolute atomic E-state index is 0.146. The van der Waals surface area contributed by atoms with E-state index in [0.29, 0.717) is 24.7 Å². The van der Waals surface area contributed by atoms with Gasteiger partial charge in [0.25, 0.3) is 5.91 Å². The molecule has 1 fully saturated rings. The number of ether oxygens (including phenoxy) is 1. The quantitative estimate of drug-likeness (QED) is 0.529. The van der Waals surface area contributed by atoms with Crippen molar-refractivity contribution in [1.82, 2.24) is 4.31 Å². The van der Waals surface area contributed by atoms with Crippen LogP contribution in [0.5, 0.6) is 0 Å². The van der Waals surface area contributed by atoms with E-state index in [-0.39, 0.29) is 29.3 Å². The number of fused-ring (bicyclic) bond motifs is 2. The maximum absolute atomic E-state index is 12.5. The third kappa shape index (κ3) is 4.28. The van der Waals surface area contributed by atoms with Gasteiger partial charge in [-0.05, 0) is 48.9 Å². The molecule has 0 saturated heterocycles. The number of benzene rings is 1. The lowest BCUT2D eigenvalue weighted by molar-refractivity contribution is -0.152. The Balaban J connectivity index is 1.52. The number of carbonyl (C=O) groups excluding carboxylic acids is 2. The van der Waals surface area contributed by atoms with E-state index in [1.807, 2.05) is 0 Å². The van der Waals surface area contributed by atoms with Crippen molar-refractivity contribution in [3.63, 3.8) is 0 Å². The molecule has 1 N–H and O–H groups in total. The Kier molecular flexibility index (Phi) is 6.20. The zero-order chi connectivity index (χ0) is 20.3. The molecule has 0 spiro atoms. The van der Waals surface area contributed by atoms with E-state index in [9.17, 15) is 18.0 Å². The lowest BCUT2D eigenvalue weighted by Gasteiger charge is -2.18. The molecule has 3 atom stereocenters. The van der Waals surface area contributed by atoms with Crippen molar-refractivity contribution >= 4 is 27.6 Å². The van der Waals surface area contributed by atoms with Crippen LogP contribution in [0.15, 0.2) is 41.3 Å². The molecule has 7 nitrogen and oxygen atoms in total. The zero-order valence-electron chi connectivity index (χ0n) is 16.1. The minimum atomic E-state index is -3.54. The number of carbonyl (C=O) groups is 2. The number of nitrogens with one attached hydrogen (secondary N) is 1. The van der Waals surface area contributed by atoms with Crippen molar-refractivity contribution in [2.24, 2.45) is 17.8 Å². The summed E-state index contributed by atoms with van der Waals surface area (Å²) in [5.41, 5.74) is 0.447. The molecule has 28 heavy (non-hydrogen) atoms. The Morgan fingerprint density at radius 2 is 1.79 bits per heavy atom. The van der Waals surface area contributed by atoms with E-state index in [0.717, 1.165) is 12.8 Å². The summed E-state index contributed by atoms with van der Waals surface area (Å²) in [7, 11) is -3.54. The number of rotatable bonds is 8. The number of nitrogens with zero attached hydrogens (tertiary/aromatic N) is 1. The maximum Gasteiger partial charge on any atom is 0.310 e. The largest absolute Gasteiger partial charge is 0.455 e. The van der Waals surface area contributed by atoms with Gasteiger partial charge in [0.05, 0.1) is 10.8 Å². The van der Waals surface area contributed by atoms with Crippen molar-refractivity contribution in [2.45, 2.75) is 31.6 Å². The van der Waals surface area contributed by atoms with Crippen molar-refractivity contribution < 1.29 is 22.7 Å². The summed E-state index contributed by atoms with van der Waals surface area (Å²) in [5.74, 6) is -0.227. The first kappa shape index (κ1) is 20.5. The van der Waals surface area contributed by atoms with Crippen molar-refractivity contribution in [2.75, 3.05) is 25.0 Å². The lowest BCUT2D eigenvalue weighted by Crippen LogP contribution is -2.30. The van der Waals surface area contributed by atoms with Crippen LogP contribution in [0.1, 0.15) is 26.7 Å². The SMILES string of the molecule is CCN(CC)S(=O)(=O)c1ccc(NC(=O)COC(=O)[C@@H]2C[C@H]3C=C[C@@H]2C3)cc1. The summed E-state index contributed by atoms with van der Waals surface area (Å²) in [6.07, 6.45) is 6.00. The van der Waals surface area contributed by atoms with Crippen LogP contribution in [0.3, 0.4) is 0 Å². The molecule has 1 aromatic carbocycles. The van der Waals surface area contributed by atoms with E-state index in [4.69, 9.17) is 4.74 Å². The van der Waals surface area contributed by atoms with Gasteiger partial charge in [-0.1, -0.05) is 26.0 Å². The van der Waals surface area contributed by atoms with Gasteiger partial charge in [0.15, 0.2) is 6.61 Å². The molecule has 2 aliphatic rings. The van der Waals surface area contributed by atoms with Gasteiger partial charge in [-0.15, -0.1) is 0 Å². The van der Waals surface area contributed by atoms with E-state index in [2.05, 4.69) is 17.5 Å². The monoisotopic (exact) mass is 406 g/mol. The van der Waals surface area contributed by atoms with Gasteiger partial charge in [-0.3, -0.25) is 9.59 Å². The third-order valence-corrected chi connectivity index (χ3v) is 7.47. The first-order chi connectivity index (χ1) is 13.3. The second-order valence-corrected chi connectivity index (χ2v) is 9.09. The number of amides is 1. The molecular weight excluding hydrogens is 380 g/mol. The first-order valence-corrected chi connectivity index (χ1v) is 11.0. The van der Waals surface area contributed by atoms with Gasteiger partial charge in [-0.2, -0.15) is 4.31 Å². The molecule has 0 aromatic heterocycles. The highest BCUT2D eigenvalue weighted by molar-refractivity contribution is 7.89. The van der Waals surface area contributed by atoms with Crippen LogP contribution in [0.25, 0.3) is 0 Å². The average molecular weight is 407 g/mol. The standard InChI is InChI=1S/C20H26N2O5S/c1-3-22(4-2)28(25,26)17-9-7-16(8-10-17)21-19(23)13-27-20(24)18-12-14-5-6-15(18)11-14/h5-10,14-15,18H,3-4,11-13H2,1-2H3,(H,21,23)/t14-,15+,18+/m0/s1. The number of allylic oxidation sites excluding steroid dienone is 2. The molecular formula is C20H26N2O5S. The molecule has 2 aliphatic carbocycles. The molecule has 0 heterocycles. The van der Waals surface area contributed by atoms with Gasteiger partial charge in [0.2, 0.25) is 10.0 Å². The second-order valence-electron chi connectivity index (χ2n) is 7.16. The Labute approximate surface area is 165 Å². The fraction of sp³-hybridized carbons (Fsp3) is 0.500. The number of hydrogen-bond acceptors (Lipinski definition) is 5. The predicted octanol–water partition coefficient (Wildman–Crippen LogP) is 2.41. The molecule has 0 aliphatic heterocycles. The van der Waals surface area contributed by atoms with Crippen molar-refractivity contribution in [3.8, 4) is 0 Å². The van der Waals surface area contributed by atoms with Crippen molar-refractivity contribution in [3.05, 3.63) is 36.4 Å². The number of hydrogen-bond donors (Lipinski definition) is 1. The van der Waals surface area contributed by atoms with Gasteiger partial charge >= 0.3 is 5.97 Å². The molecule has 2 bridgehead atoms. The van der Waals surface area contributed by atoms with E-state index in [1.165, 1.54) is 28.6 Å². The average Bonchev–Trinajstić information content (AvgIpc) is 3.31. The Morgan fingerprint density at radius 3 is 2.32 bits per heavy atom. The third-order valence-electron chi connectivity index (χ3n) is 5.41. The van der Waals surface area contributed by atoms with Gasteiger partial charge in [0, 0.05) is 18.8 Å². The van der Waals surface area contributed by atoms with Crippen LogP contribution < -0.4 is 5.32 Å². The topological polar surface area (TPSA) is 92.8 Å². The molecule has 1 aromatic rings. The molecule has 152 valence electrons. The fourth-order valence-electron chi connectivity index (χ4n) is 3.92. The van der Waals surface area contributed by atoms with Crippen LogP contribution in [0, 0.1) is 17.8 Å². The summed E-state index contributed by atoms with van der Waals surface area (Å²) < 4.78 is 31.5. The van der Waals surface area contributed by atoms with Crippen LogP contribution >= 0.6 is 0 Å². The Morgan fingerprint density at radius 1 is 1.11 bits per heavy atom. The molecule has 1 amide bonds. The van der Waals surface area contributed by atoms with Crippen molar-refractivity contribution in [1.29, 1.82) is 0 Å². The molecule has 3 rings (SSSR count). The smallest absolute Gasteiger partial charge is 0.310 e. The highest BCUT2D eigenvalue weighted by atomic mass is 32.2. The number of sulfonamides is 1. The number of anilines is 1. The fourth-order valence-corrected chi connectivity index (χ4v) is 5.37. The lowest BCUT2D eigenvalue weighted by atomic mass is 9.94. The molecule has 0 radical (unpaired) electrons. The van der Waals surface area contributed by atoms with Gasteiger partial charge in [0.1, 0.15) is 0 Å². The molecule has 1 saturated carbocycles. The summed E-state index contributed by atoms with van der Waals surface area (Å²) in [5, 5.41) is 2.62. The first-order valence-electron chi connectivity index (χ1n) is 9.60. The molecule has 0 unspecified atom stereocenters. The summed E-state index contributed by atoms with van der Waals surface area (Å²) >= 11 is 0. The Bertz CT molecular complexity index is 859. The highest BCUT2D eigenvalue weighted by Gasteiger charge is 2.40. The predicted molar refractivity (Wildman–Crippen MR) is 105 cm³/mol. The van der Waals surface area contributed by atoms with E-state index in [1.54, 1.807) is 13.8 Å². The van der Waals surface area contributed by atoms with Crippen LogP contribution in [0.4, 0.5) is 5.69 Å². The van der Waals surface area contributed by atoms with Crippen LogP contribution in [-0.2, 0) is 24.3 Å². The van der Waals surface area contributed by atoms with E-state index >= 15 is 0 Å². The number of esters is 1. The van der Waals surface area contributed by atoms with E-state index < -0.39 is 15.9 Å². The highest BCUT2D eigenvalue weighted by Crippen LogP contribution is 2.43. The van der Waals surface area contributed by atoms with Gasteiger partial charge in [-0.25, -0.2) is 8.42 Å². The summed E-state index contributed by atoms with van der Waals surface area (Å²) in [4.78, 5) is 24.4. The Hall–Kier alpha value is -2.19. The summed E-state index contributed by atoms with van der Waals surface area (Å²) in [6.45, 7) is 3.99. The van der Waals surface area contributed by atoms with Crippen LogP contribution in [0.2, 0.25) is 0 Å². The second kappa shape index (κ2) is 8.45. The maximum atomic E-state index is 12.5. The summed E-state index contributed by atoms with van der Waals surface area (Å²) in [6, 6.07) is 5.96. The normalized spacial score (nSPS) is 23.2. The molecule has 8 heteroatoms. The van der Waals surface area contributed by atoms with Crippen LogP contribution in [-0.4, -0.2) is 44.3 Å². The zero-order valence-corrected chi connectivity index (χ0v) is 16.9.